The van der Waals surface area contributed by atoms with E-state index in [-0.39, 0.29) is 0 Å². The van der Waals surface area contributed by atoms with E-state index in [2.05, 4.69) is 80.9 Å². The summed E-state index contributed by atoms with van der Waals surface area (Å²) in [6.45, 7) is 12.0. The molecule has 1 aromatic carbocycles. The van der Waals surface area contributed by atoms with Crippen LogP contribution in [0.2, 0.25) is 32.3 Å². The average molecular weight is 310 g/mol. The van der Waals surface area contributed by atoms with Gasteiger partial charge in [-0.05, 0) is 17.7 Å². The number of nitrogens with zero attached hydrogens (tertiary/aromatic N) is 1. The smallest absolute Gasteiger partial charge is 0.176 e. The normalized spacial score (nSPS) is 11.3. The lowest BCUT2D eigenvalue weighted by Crippen LogP contribution is -2.33. The quantitative estimate of drug-likeness (QED) is 0.780. The molecule has 1 aromatic heterocycles. The standard InChI is InChI=1S/C18H27BN2Si/c1-6-19(7-2)16-12-9-8-11-15(16)17-13-10-14-18(20-17)21-22(3,4)5/h8-14H,6-7H2,1-5H3,(H,20,21). The molecule has 1 N–H and O–H groups in total. The van der Waals surface area contributed by atoms with Gasteiger partial charge in [-0.3, -0.25) is 0 Å². The fourth-order valence-corrected chi connectivity index (χ4v) is 3.76. The lowest BCUT2D eigenvalue weighted by molar-refractivity contribution is 1.31. The van der Waals surface area contributed by atoms with Gasteiger partial charge in [-0.1, -0.05) is 81.9 Å². The number of benzene rings is 1. The van der Waals surface area contributed by atoms with Gasteiger partial charge in [0.15, 0.2) is 6.71 Å². The van der Waals surface area contributed by atoms with Crippen LogP contribution in [0.25, 0.3) is 11.3 Å². The summed E-state index contributed by atoms with van der Waals surface area (Å²) in [6, 6.07) is 15.0. The second-order valence-corrected chi connectivity index (χ2v) is 11.6. The molecular weight excluding hydrogens is 283 g/mol. The van der Waals surface area contributed by atoms with Crippen molar-refractivity contribution in [3.63, 3.8) is 0 Å². The molecule has 2 aromatic rings. The Labute approximate surface area is 136 Å². The van der Waals surface area contributed by atoms with Crippen molar-refractivity contribution in [3.05, 3.63) is 42.5 Å². The largest absolute Gasteiger partial charge is 0.396 e. The summed E-state index contributed by atoms with van der Waals surface area (Å²) in [5.74, 6) is 0.996. The van der Waals surface area contributed by atoms with E-state index >= 15 is 0 Å². The van der Waals surface area contributed by atoms with Crippen molar-refractivity contribution in [1.82, 2.24) is 4.98 Å². The minimum Gasteiger partial charge on any atom is -0.396 e. The van der Waals surface area contributed by atoms with Gasteiger partial charge in [0.05, 0.1) is 5.69 Å². The van der Waals surface area contributed by atoms with Crippen LogP contribution in [0.1, 0.15) is 13.8 Å². The number of anilines is 1. The predicted octanol–water partition coefficient (Wildman–Crippen LogP) is 4.74. The lowest BCUT2D eigenvalue weighted by atomic mass is 9.40. The molecule has 0 saturated heterocycles. The molecule has 0 aliphatic carbocycles. The van der Waals surface area contributed by atoms with Crippen LogP contribution in [-0.2, 0) is 0 Å². The lowest BCUT2D eigenvalue weighted by Gasteiger charge is -2.20. The number of hydrogen-bond donors (Lipinski definition) is 1. The Kier molecular flexibility index (Phi) is 5.46. The molecule has 0 aliphatic heterocycles. The van der Waals surface area contributed by atoms with Crippen LogP contribution < -0.4 is 10.4 Å². The first kappa shape index (κ1) is 16.8. The second-order valence-electron chi connectivity index (χ2n) is 6.88. The predicted molar refractivity (Wildman–Crippen MR) is 103 cm³/mol. The molecular formula is C18H27BN2Si. The number of rotatable bonds is 6. The van der Waals surface area contributed by atoms with Crippen LogP contribution >= 0.6 is 0 Å². The Morgan fingerprint density at radius 1 is 0.955 bits per heavy atom. The molecule has 2 nitrogen and oxygen atoms in total. The van der Waals surface area contributed by atoms with E-state index in [1.165, 1.54) is 23.7 Å². The van der Waals surface area contributed by atoms with E-state index < -0.39 is 8.24 Å². The monoisotopic (exact) mass is 310 g/mol. The van der Waals surface area contributed by atoms with Crippen LogP contribution in [-0.4, -0.2) is 19.9 Å². The van der Waals surface area contributed by atoms with Crippen LogP contribution in [0.5, 0.6) is 0 Å². The van der Waals surface area contributed by atoms with E-state index in [0.717, 1.165) is 11.5 Å². The van der Waals surface area contributed by atoms with E-state index in [1.807, 2.05) is 0 Å². The zero-order chi connectivity index (χ0) is 16.2. The van der Waals surface area contributed by atoms with Gasteiger partial charge in [0.25, 0.3) is 0 Å². The maximum Gasteiger partial charge on any atom is 0.176 e. The summed E-state index contributed by atoms with van der Waals surface area (Å²) in [7, 11) is -1.38. The Morgan fingerprint density at radius 3 is 2.27 bits per heavy atom. The highest BCUT2D eigenvalue weighted by atomic mass is 28.3. The third-order valence-electron chi connectivity index (χ3n) is 3.91. The Balaban J connectivity index is 2.42. The summed E-state index contributed by atoms with van der Waals surface area (Å²) in [4.78, 5) is 8.46. The van der Waals surface area contributed by atoms with Gasteiger partial charge in [-0.15, -0.1) is 0 Å². The van der Waals surface area contributed by atoms with E-state index in [4.69, 9.17) is 4.98 Å². The fraction of sp³-hybridized carbons (Fsp3) is 0.389. The molecule has 4 heteroatoms. The highest BCUT2D eigenvalue weighted by Gasteiger charge is 2.18. The zero-order valence-electron chi connectivity index (χ0n) is 14.5. The molecule has 0 aliphatic rings. The van der Waals surface area contributed by atoms with Gasteiger partial charge >= 0.3 is 0 Å². The SMILES string of the molecule is CCB(CC)c1ccccc1-c1cccc(N[Si](C)(C)C)n1. The summed E-state index contributed by atoms with van der Waals surface area (Å²) in [6.07, 6.45) is 2.33. The molecule has 0 amide bonds. The van der Waals surface area contributed by atoms with Crippen LogP contribution in [0.4, 0.5) is 5.82 Å². The van der Waals surface area contributed by atoms with Crippen molar-refractivity contribution < 1.29 is 0 Å². The highest BCUT2D eigenvalue weighted by Crippen LogP contribution is 2.20. The fourth-order valence-electron chi connectivity index (χ4n) is 2.85. The molecule has 1 heterocycles. The molecule has 2 rings (SSSR count). The van der Waals surface area contributed by atoms with Gasteiger partial charge in [0, 0.05) is 0 Å². The molecule has 116 valence electrons. The van der Waals surface area contributed by atoms with Crippen LogP contribution in [0.15, 0.2) is 42.5 Å². The Morgan fingerprint density at radius 2 is 1.64 bits per heavy atom. The number of aromatic nitrogens is 1. The number of nitrogens with one attached hydrogen (secondary N) is 1. The summed E-state index contributed by atoms with van der Waals surface area (Å²) in [5.41, 5.74) is 3.77. The number of pyridine rings is 1. The maximum atomic E-state index is 4.86. The second kappa shape index (κ2) is 7.14. The summed E-state index contributed by atoms with van der Waals surface area (Å²) < 4.78 is 0. The van der Waals surface area contributed by atoms with Gasteiger partial charge in [0.2, 0.25) is 0 Å². The molecule has 0 unspecified atom stereocenters. The number of hydrogen-bond acceptors (Lipinski definition) is 2. The maximum absolute atomic E-state index is 4.86. The van der Waals surface area contributed by atoms with Crippen molar-refractivity contribution >= 4 is 26.2 Å². The van der Waals surface area contributed by atoms with Gasteiger partial charge in [-0.2, -0.15) is 0 Å². The topological polar surface area (TPSA) is 24.9 Å². The molecule has 0 radical (unpaired) electrons. The van der Waals surface area contributed by atoms with Gasteiger partial charge < -0.3 is 4.98 Å². The zero-order valence-corrected chi connectivity index (χ0v) is 15.5. The molecule has 22 heavy (non-hydrogen) atoms. The highest BCUT2D eigenvalue weighted by molar-refractivity contribution is 6.79. The minimum absolute atomic E-state index is 0.603. The molecule has 0 atom stereocenters. The Hall–Kier alpha value is -1.55. The van der Waals surface area contributed by atoms with Crippen molar-refractivity contribution in [3.8, 4) is 11.3 Å². The Bertz CT molecular complexity index is 618. The van der Waals surface area contributed by atoms with Crippen molar-refractivity contribution in [2.45, 2.75) is 46.1 Å². The van der Waals surface area contributed by atoms with E-state index in [0.29, 0.717) is 6.71 Å². The van der Waals surface area contributed by atoms with Crippen LogP contribution in [0.3, 0.4) is 0 Å². The van der Waals surface area contributed by atoms with Crippen molar-refractivity contribution in [2.75, 3.05) is 4.98 Å². The minimum atomic E-state index is -1.38. The van der Waals surface area contributed by atoms with Gasteiger partial charge in [-0.25, -0.2) is 4.98 Å². The van der Waals surface area contributed by atoms with Crippen molar-refractivity contribution in [1.29, 1.82) is 0 Å². The van der Waals surface area contributed by atoms with Crippen LogP contribution in [0, 0.1) is 0 Å². The van der Waals surface area contributed by atoms with Crippen molar-refractivity contribution in [2.24, 2.45) is 0 Å². The third-order valence-corrected chi connectivity index (χ3v) is 4.92. The molecule has 0 bridgehead atoms. The summed E-state index contributed by atoms with van der Waals surface area (Å²) in [5, 5.41) is 0. The third kappa shape index (κ3) is 4.23. The average Bonchev–Trinajstić information content (AvgIpc) is 2.47. The van der Waals surface area contributed by atoms with E-state index in [9.17, 15) is 0 Å². The summed E-state index contributed by atoms with van der Waals surface area (Å²) >= 11 is 0. The van der Waals surface area contributed by atoms with E-state index in [1.54, 1.807) is 0 Å². The first-order valence-electron chi connectivity index (χ1n) is 8.29. The van der Waals surface area contributed by atoms with Gasteiger partial charge in [0.1, 0.15) is 14.1 Å². The molecule has 0 saturated carbocycles. The molecule has 0 fully saturated rings. The first-order chi connectivity index (χ1) is 10.4. The first-order valence-corrected chi connectivity index (χ1v) is 11.8. The molecule has 0 spiro atoms.